The molecular weight excluding hydrogens is 192 g/mol. The summed E-state index contributed by atoms with van der Waals surface area (Å²) in [5, 5.41) is 9.38. The molecule has 0 aliphatic rings. The molecule has 0 spiro atoms. The van der Waals surface area contributed by atoms with Crippen molar-refractivity contribution in [3.8, 4) is 0 Å². The highest BCUT2D eigenvalue weighted by Crippen LogP contribution is 2.08. The van der Waals surface area contributed by atoms with Crippen LogP contribution in [0.5, 0.6) is 0 Å². The summed E-state index contributed by atoms with van der Waals surface area (Å²) in [5.41, 5.74) is 1.85. The smallest absolute Gasteiger partial charge is 0.373 e. The number of rotatable bonds is 3. The number of hydrogen-bond donors (Lipinski definition) is 1. The van der Waals surface area contributed by atoms with E-state index in [2.05, 4.69) is 4.74 Å². The number of ether oxygens (including phenoxy) is 1. The van der Waals surface area contributed by atoms with E-state index in [9.17, 15) is 9.90 Å². The van der Waals surface area contributed by atoms with Crippen molar-refractivity contribution in [1.29, 1.82) is 0 Å². The van der Waals surface area contributed by atoms with E-state index in [1.165, 1.54) is 6.08 Å². The number of hydrogen-bond acceptors (Lipinski definition) is 3. The zero-order valence-corrected chi connectivity index (χ0v) is 8.86. The summed E-state index contributed by atoms with van der Waals surface area (Å²) >= 11 is 0. The first-order valence-corrected chi connectivity index (χ1v) is 4.78. The minimum absolute atomic E-state index is 0.255. The lowest BCUT2D eigenvalue weighted by Crippen LogP contribution is -2.06. The first-order valence-electron chi connectivity index (χ1n) is 4.78. The molecule has 0 aliphatic heterocycles. The number of carbonyl (C=O) groups excluding carboxylic acids is 1. The zero-order chi connectivity index (χ0) is 11.3. The fraction of sp³-hybridized carbons (Fsp3) is 0.250. The SMILES string of the molecule is CCOC(=O)/C(O)=C/c1cccc(C)c1. The van der Waals surface area contributed by atoms with E-state index in [-0.39, 0.29) is 12.4 Å². The van der Waals surface area contributed by atoms with Crippen molar-refractivity contribution in [1.82, 2.24) is 0 Å². The van der Waals surface area contributed by atoms with Crippen LogP contribution in [0.25, 0.3) is 6.08 Å². The van der Waals surface area contributed by atoms with Gasteiger partial charge in [0, 0.05) is 0 Å². The first kappa shape index (κ1) is 11.3. The molecule has 1 rings (SSSR count). The van der Waals surface area contributed by atoms with E-state index in [4.69, 9.17) is 0 Å². The summed E-state index contributed by atoms with van der Waals surface area (Å²) < 4.78 is 4.65. The number of aryl methyl sites for hydroxylation is 1. The van der Waals surface area contributed by atoms with Crippen molar-refractivity contribution in [2.75, 3.05) is 6.61 Å². The molecule has 0 atom stereocenters. The third-order valence-corrected chi connectivity index (χ3v) is 1.83. The lowest BCUT2D eigenvalue weighted by molar-refractivity contribution is -0.141. The maximum absolute atomic E-state index is 11.1. The van der Waals surface area contributed by atoms with E-state index >= 15 is 0 Å². The van der Waals surface area contributed by atoms with Gasteiger partial charge in [0.2, 0.25) is 5.76 Å². The van der Waals surface area contributed by atoms with Crippen molar-refractivity contribution >= 4 is 12.0 Å². The Balaban J connectivity index is 2.82. The van der Waals surface area contributed by atoms with Gasteiger partial charge in [-0.15, -0.1) is 0 Å². The Bertz CT molecular complexity index is 380. The van der Waals surface area contributed by atoms with Crippen molar-refractivity contribution in [3.05, 3.63) is 41.2 Å². The Morgan fingerprint density at radius 3 is 2.87 bits per heavy atom. The van der Waals surface area contributed by atoms with Crippen molar-refractivity contribution in [2.45, 2.75) is 13.8 Å². The topological polar surface area (TPSA) is 46.5 Å². The molecule has 0 amide bonds. The van der Waals surface area contributed by atoms with E-state index < -0.39 is 5.97 Å². The monoisotopic (exact) mass is 206 g/mol. The van der Waals surface area contributed by atoms with Crippen LogP contribution in [0, 0.1) is 6.92 Å². The zero-order valence-electron chi connectivity index (χ0n) is 8.86. The van der Waals surface area contributed by atoms with Crippen molar-refractivity contribution in [2.24, 2.45) is 0 Å². The number of benzene rings is 1. The Morgan fingerprint density at radius 1 is 1.53 bits per heavy atom. The molecule has 15 heavy (non-hydrogen) atoms. The van der Waals surface area contributed by atoms with Gasteiger partial charge in [0.25, 0.3) is 0 Å². The van der Waals surface area contributed by atoms with Crippen LogP contribution in [0.3, 0.4) is 0 Å². The van der Waals surface area contributed by atoms with Crippen LogP contribution in [0.4, 0.5) is 0 Å². The standard InChI is InChI=1S/C12H14O3/c1-3-15-12(14)11(13)8-10-6-4-5-9(2)7-10/h4-8,13H,3H2,1-2H3/b11-8-. The second-order valence-electron chi connectivity index (χ2n) is 3.16. The minimum Gasteiger partial charge on any atom is -0.502 e. The molecule has 0 saturated carbocycles. The highest BCUT2D eigenvalue weighted by molar-refractivity contribution is 5.90. The molecule has 0 unspecified atom stereocenters. The van der Waals surface area contributed by atoms with Gasteiger partial charge in [0.05, 0.1) is 6.61 Å². The summed E-state index contributed by atoms with van der Waals surface area (Å²) in [7, 11) is 0. The van der Waals surface area contributed by atoms with Gasteiger partial charge >= 0.3 is 5.97 Å². The Morgan fingerprint density at radius 2 is 2.27 bits per heavy atom. The summed E-state index contributed by atoms with van der Waals surface area (Å²) in [6.07, 6.45) is 1.39. The molecule has 0 radical (unpaired) electrons. The summed E-state index contributed by atoms with van der Waals surface area (Å²) in [4.78, 5) is 11.1. The van der Waals surface area contributed by atoms with Gasteiger partial charge in [-0.25, -0.2) is 4.79 Å². The van der Waals surface area contributed by atoms with Crippen LogP contribution in [-0.2, 0) is 9.53 Å². The van der Waals surface area contributed by atoms with Gasteiger partial charge in [-0.2, -0.15) is 0 Å². The summed E-state index contributed by atoms with van der Waals surface area (Å²) in [6, 6.07) is 7.48. The van der Waals surface area contributed by atoms with Crippen LogP contribution in [-0.4, -0.2) is 17.7 Å². The van der Waals surface area contributed by atoms with Gasteiger partial charge in [-0.3, -0.25) is 0 Å². The third-order valence-electron chi connectivity index (χ3n) is 1.83. The van der Waals surface area contributed by atoms with Gasteiger partial charge in [0.1, 0.15) is 0 Å². The van der Waals surface area contributed by atoms with Crippen LogP contribution < -0.4 is 0 Å². The molecular formula is C12H14O3. The molecule has 1 aromatic rings. The average molecular weight is 206 g/mol. The van der Waals surface area contributed by atoms with Crippen LogP contribution in [0.1, 0.15) is 18.1 Å². The van der Waals surface area contributed by atoms with Crippen LogP contribution in [0.15, 0.2) is 30.0 Å². The molecule has 0 fully saturated rings. The van der Waals surface area contributed by atoms with Crippen LogP contribution >= 0.6 is 0 Å². The second-order valence-corrected chi connectivity index (χ2v) is 3.16. The lowest BCUT2D eigenvalue weighted by Gasteiger charge is -2.00. The van der Waals surface area contributed by atoms with Crippen LogP contribution in [0.2, 0.25) is 0 Å². The fourth-order valence-corrected chi connectivity index (χ4v) is 1.18. The third kappa shape index (κ3) is 3.46. The fourth-order valence-electron chi connectivity index (χ4n) is 1.18. The molecule has 1 aromatic carbocycles. The second kappa shape index (κ2) is 5.20. The number of aliphatic hydroxyl groups is 1. The number of aliphatic hydroxyl groups excluding tert-OH is 1. The molecule has 0 heterocycles. The van der Waals surface area contributed by atoms with E-state index in [0.29, 0.717) is 0 Å². The maximum Gasteiger partial charge on any atom is 0.373 e. The first-order chi connectivity index (χ1) is 7.13. The van der Waals surface area contributed by atoms with Gasteiger partial charge in [0.15, 0.2) is 0 Å². The molecule has 80 valence electrons. The molecule has 0 aliphatic carbocycles. The predicted octanol–water partition coefficient (Wildman–Crippen LogP) is 2.46. The van der Waals surface area contributed by atoms with Gasteiger partial charge in [-0.05, 0) is 25.5 Å². The normalized spacial score (nSPS) is 11.2. The largest absolute Gasteiger partial charge is 0.502 e. The highest BCUT2D eigenvalue weighted by atomic mass is 16.5. The van der Waals surface area contributed by atoms with E-state index in [0.717, 1.165) is 11.1 Å². The molecule has 0 aromatic heterocycles. The molecule has 1 N–H and O–H groups in total. The average Bonchev–Trinajstić information content (AvgIpc) is 2.18. The van der Waals surface area contributed by atoms with Gasteiger partial charge < -0.3 is 9.84 Å². The molecule has 3 nitrogen and oxygen atoms in total. The van der Waals surface area contributed by atoms with E-state index in [1.807, 2.05) is 31.2 Å². The summed E-state index contributed by atoms with van der Waals surface area (Å²) in [5.74, 6) is -1.07. The number of carbonyl (C=O) groups is 1. The van der Waals surface area contributed by atoms with Gasteiger partial charge in [-0.1, -0.05) is 29.8 Å². The lowest BCUT2D eigenvalue weighted by atomic mass is 10.1. The predicted molar refractivity (Wildman–Crippen MR) is 58.4 cm³/mol. The Labute approximate surface area is 89.0 Å². The maximum atomic E-state index is 11.1. The molecule has 3 heteroatoms. The van der Waals surface area contributed by atoms with Crippen molar-refractivity contribution < 1.29 is 14.6 Å². The highest BCUT2D eigenvalue weighted by Gasteiger charge is 2.07. The Kier molecular flexibility index (Phi) is 3.92. The Hall–Kier alpha value is -1.77. The quantitative estimate of drug-likeness (QED) is 0.469. The molecule has 0 bridgehead atoms. The minimum atomic E-state index is -0.695. The van der Waals surface area contributed by atoms with E-state index in [1.54, 1.807) is 6.92 Å². The molecule has 0 saturated heterocycles. The van der Waals surface area contributed by atoms with Crippen molar-refractivity contribution in [3.63, 3.8) is 0 Å². The summed E-state index contributed by atoms with van der Waals surface area (Å²) in [6.45, 7) is 3.89. The number of esters is 1.